The standard InChI is InChI=1S/C15H28N4/c1-5-16-15-12-14(8-10-18-15)17-9-6-7-11-19(4)13(2)3/h8,10,12-13H,5-7,9,11H2,1-4H3,(H2,16,17,18). The lowest BCUT2D eigenvalue weighted by Gasteiger charge is -2.20. The highest BCUT2D eigenvalue weighted by molar-refractivity contribution is 5.51. The summed E-state index contributed by atoms with van der Waals surface area (Å²) in [6, 6.07) is 4.71. The number of nitrogens with one attached hydrogen (secondary N) is 2. The molecule has 0 saturated heterocycles. The van der Waals surface area contributed by atoms with Crippen molar-refractivity contribution in [2.75, 3.05) is 37.3 Å². The van der Waals surface area contributed by atoms with Crippen LogP contribution in [-0.4, -0.2) is 42.6 Å². The Morgan fingerprint density at radius 2 is 2.05 bits per heavy atom. The number of rotatable bonds is 9. The maximum atomic E-state index is 4.26. The average molecular weight is 264 g/mol. The minimum Gasteiger partial charge on any atom is -0.385 e. The van der Waals surface area contributed by atoms with Crippen LogP contribution in [0.15, 0.2) is 18.3 Å². The zero-order valence-electron chi connectivity index (χ0n) is 12.7. The summed E-state index contributed by atoms with van der Waals surface area (Å²) in [5.74, 6) is 0.937. The van der Waals surface area contributed by atoms with Crippen LogP contribution in [0, 0.1) is 0 Å². The Morgan fingerprint density at radius 1 is 1.26 bits per heavy atom. The quantitative estimate of drug-likeness (QED) is 0.673. The molecule has 19 heavy (non-hydrogen) atoms. The van der Waals surface area contributed by atoms with E-state index >= 15 is 0 Å². The number of anilines is 2. The number of unbranched alkanes of at least 4 members (excludes halogenated alkanes) is 1. The monoisotopic (exact) mass is 264 g/mol. The van der Waals surface area contributed by atoms with Gasteiger partial charge >= 0.3 is 0 Å². The Kier molecular flexibility index (Phi) is 7.26. The fourth-order valence-corrected chi connectivity index (χ4v) is 1.80. The van der Waals surface area contributed by atoms with Crippen molar-refractivity contribution in [1.29, 1.82) is 0 Å². The van der Waals surface area contributed by atoms with E-state index in [0.29, 0.717) is 6.04 Å². The van der Waals surface area contributed by atoms with Gasteiger partial charge in [0.15, 0.2) is 0 Å². The molecule has 0 aliphatic carbocycles. The molecule has 0 aromatic carbocycles. The molecule has 0 unspecified atom stereocenters. The van der Waals surface area contributed by atoms with Crippen molar-refractivity contribution in [1.82, 2.24) is 9.88 Å². The summed E-state index contributed by atoms with van der Waals surface area (Å²) in [6.07, 6.45) is 4.26. The molecule has 1 heterocycles. The SMILES string of the molecule is CCNc1cc(NCCCCN(C)C(C)C)ccn1. The van der Waals surface area contributed by atoms with Gasteiger partial charge in [0, 0.05) is 37.1 Å². The summed E-state index contributed by atoms with van der Waals surface area (Å²) in [7, 11) is 2.18. The van der Waals surface area contributed by atoms with E-state index < -0.39 is 0 Å². The largest absolute Gasteiger partial charge is 0.385 e. The van der Waals surface area contributed by atoms with Crippen LogP contribution in [0.2, 0.25) is 0 Å². The summed E-state index contributed by atoms with van der Waals surface area (Å²) in [6.45, 7) is 9.62. The molecule has 108 valence electrons. The van der Waals surface area contributed by atoms with E-state index in [4.69, 9.17) is 0 Å². The minimum atomic E-state index is 0.635. The fraction of sp³-hybridized carbons (Fsp3) is 0.667. The Hall–Kier alpha value is -1.29. The fourth-order valence-electron chi connectivity index (χ4n) is 1.80. The maximum absolute atomic E-state index is 4.26. The predicted octanol–water partition coefficient (Wildman–Crippen LogP) is 3.05. The van der Waals surface area contributed by atoms with Crippen molar-refractivity contribution in [2.45, 2.75) is 39.7 Å². The van der Waals surface area contributed by atoms with Gasteiger partial charge in [-0.05, 0) is 53.3 Å². The average Bonchev–Trinajstić information content (AvgIpc) is 2.39. The van der Waals surface area contributed by atoms with Gasteiger partial charge in [-0.1, -0.05) is 0 Å². The molecule has 4 heteroatoms. The number of nitrogens with zero attached hydrogens (tertiary/aromatic N) is 2. The smallest absolute Gasteiger partial charge is 0.127 e. The van der Waals surface area contributed by atoms with E-state index in [1.807, 2.05) is 12.3 Å². The number of aromatic nitrogens is 1. The maximum Gasteiger partial charge on any atom is 0.127 e. The zero-order valence-corrected chi connectivity index (χ0v) is 12.7. The Bertz CT molecular complexity index is 352. The van der Waals surface area contributed by atoms with Gasteiger partial charge in [-0.2, -0.15) is 0 Å². The third-order valence-electron chi connectivity index (χ3n) is 3.27. The summed E-state index contributed by atoms with van der Waals surface area (Å²) in [4.78, 5) is 6.64. The van der Waals surface area contributed by atoms with Crippen molar-refractivity contribution >= 4 is 11.5 Å². The second-order valence-corrected chi connectivity index (χ2v) is 5.17. The molecule has 2 N–H and O–H groups in total. The molecular weight excluding hydrogens is 236 g/mol. The van der Waals surface area contributed by atoms with Crippen LogP contribution < -0.4 is 10.6 Å². The number of pyridine rings is 1. The summed E-state index contributed by atoms with van der Waals surface area (Å²) in [5, 5.41) is 6.67. The molecule has 0 aliphatic heterocycles. The van der Waals surface area contributed by atoms with Crippen LogP contribution in [0.3, 0.4) is 0 Å². The zero-order chi connectivity index (χ0) is 14.1. The van der Waals surface area contributed by atoms with Gasteiger partial charge < -0.3 is 15.5 Å². The van der Waals surface area contributed by atoms with Gasteiger partial charge in [0.25, 0.3) is 0 Å². The first-order valence-corrected chi connectivity index (χ1v) is 7.27. The van der Waals surface area contributed by atoms with Gasteiger partial charge in [-0.3, -0.25) is 0 Å². The molecule has 0 spiro atoms. The van der Waals surface area contributed by atoms with Crippen molar-refractivity contribution < 1.29 is 0 Å². The number of hydrogen-bond donors (Lipinski definition) is 2. The molecule has 0 saturated carbocycles. The van der Waals surface area contributed by atoms with E-state index in [1.165, 1.54) is 19.4 Å². The Morgan fingerprint density at radius 3 is 2.74 bits per heavy atom. The molecule has 0 aliphatic rings. The second kappa shape index (κ2) is 8.75. The topological polar surface area (TPSA) is 40.2 Å². The van der Waals surface area contributed by atoms with Crippen LogP contribution >= 0.6 is 0 Å². The van der Waals surface area contributed by atoms with Gasteiger partial charge in [0.2, 0.25) is 0 Å². The van der Waals surface area contributed by atoms with Gasteiger partial charge in [-0.25, -0.2) is 4.98 Å². The molecule has 1 aromatic rings. The minimum absolute atomic E-state index is 0.635. The van der Waals surface area contributed by atoms with E-state index in [9.17, 15) is 0 Å². The van der Waals surface area contributed by atoms with Crippen LogP contribution in [0.5, 0.6) is 0 Å². The molecular formula is C15H28N4. The lowest BCUT2D eigenvalue weighted by molar-refractivity contribution is 0.269. The van der Waals surface area contributed by atoms with E-state index in [2.05, 4.69) is 54.4 Å². The Balaban J connectivity index is 2.20. The lowest BCUT2D eigenvalue weighted by Crippen LogP contribution is -2.27. The predicted molar refractivity (Wildman–Crippen MR) is 83.9 cm³/mol. The highest BCUT2D eigenvalue weighted by Crippen LogP contribution is 2.11. The summed E-state index contributed by atoms with van der Waals surface area (Å²) >= 11 is 0. The first-order valence-electron chi connectivity index (χ1n) is 7.27. The second-order valence-electron chi connectivity index (χ2n) is 5.17. The molecule has 0 radical (unpaired) electrons. The van der Waals surface area contributed by atoms with Crippen molar-refractivity contribution in [3.8, 4) is 0 Å². The van der Waals surface area contributed by atoms with Gasteiger partial charge in [-0.15, -0.1) is 0 Å². The molecule has 1 rings (SSSR count). The summed E-state index contributed by atoms with van der Waals surface area (Å²) < 4.78 is 0. The summed E-state index contributed by atoms with van der Waals surface area (Å²) in [5.41, 5.74) is 1.14. The highest BCUT2D eigenvalue weighted by atomic mass is 15.1. The lowest BCUT2D eigenvalue weighted by atomic mass is 10.2. The van der Waals surface area contributed by atoms with Crippen LogP contribution in [-0.2, 0) is 0 Å². The third-order valence-corrected chi connectivity index (χ3v) is 3.27. The normalized spacial score (nSPS) is 11.1. The van der Waals surface area contributed by atoms with E-state index in [1.54, 1.807) is 0 Å². The van der Waals surface area contributed by atoms with Crippen molar-refractivity contribution in [2.24, 2.45) is 0 Å². The third kappa shape index (κ3) is 6.43. The van der Waals surface area contributed by atoms with Gasteiger partial charge in [0.05, 0.1) is 0 Å². The molecule has 0 fully saturated rings. The highest BCUT2D eigenvalue weighted by Gasteiger charge is 2.01. The first-order chi connectivity index (χ1) is 9.13. The first kappa shape index (κ1) is 15.8. The van der Waals surface area contributed by atoms with Crippen LogP contribution in [0.4, 0.5) is 11.5 Å². The Labute approximate surface area is 117 Å². The van der Waals surface area contributed by atoms with E-state index in [0.717, 1.165) is 24.6 Å². The van der Waals surface area contributed by atoms with Crippen LogP contribution in [0.1, 0.15) is 33.6 Å². The molecule has 0 bridgehead atoms. The molecule has 0 amide bonds. The van der Waals surface area contributed by atoms with Gasteiger partial charge in [0.1, 0.15) is 5.82 Å². The van der Waals surface area contributed by atoms with Crippen LogP contribution in [0.25, 0.3) is 0 Å². The molecule has 0 atom stereocenters. The molecule has 1 aromatic heterocycles. The van der Waals surface area contributed by atoms with Crippen molar-refractivity contribution in [3.63, 3.8) is 0 Å². The molecule has 4 nitrogen and oxygen atoms in total. The van der Waals surface area contributed by atoms with E-state index in [-0.39, 0.29) is 0 Å². The number of hydrogen-bond acceptors (Lipinski definition) is 4. The van der Waals surface area contributed by atoms with Crippen molar-refractivity contribution in [3.05, 3.63) is 18.3 Å².